The van der Waals surface area contributed by atoms with Gasteiger partial charge in [0.05, 0.1) is 0 Å². The SMILES string of the molecule is CC(=O)C1(CCl)CCCCC1. The van der Waals surface area contributed by atoms with E-state index in [1.165, 1.54) is 19.3 Å². The predicted molar refractivity (Wildman–Crippen MR) is 46.9 cm³/mol. The van der Waals surface area contributed by atoms with Crippen LogP contribution < -0.4 is 0 Å². The molecule has 1 fully saturated rings. The fraction of sp³-hybridized carbons (Fsp3) is 0.889. The molecule has 11 heavy (non-hydrogen) atoms. The molecular weight excluding hydrogens is 160 g/mol. The van der Waals surface area contributed by atoms with E-state index in [0.717, 1.165) is 12.8 Å². The van der Waals surface area contributed by atoms with Gasteiger partial charge in [0.2, 0.25) is 0 Å². The Labute approximate surface area is 73.1 Å². The zero-order valence-corrected chi connectivity index (χ0v) is 7.78. The van der Waals surface area contributed by atoms with Gasteiger partial charge in [-0.15, -0.1) is 11.6 Å². The van der Waals surface area contributed by atoms with Crippen molar-refractivity contribution in [2.24, 2.45) is 5.41 Å². The lowest BCUT2D eigenvalue weighted by Crippen LogP contribution is -2.33. The molecule has 0 aromatic heterocycles. The van der Waals surface area contributed by atoms with E-state index in [0.29, 0.717) is 5.88 Å². The fourth-order valence-corrected chi connectivity index (χ4v) is 2.26. The fourth-order valence-electron chi connectivity index (χ4n) is 1.81. The highest BCUT2D eigenvalue weighted by molar-refractivity contribution is 6.20. The first-order valence-electron chi connectivity index (χ1n) is 4.28. The maximum absolute atomic E-state index is 11.3. The molecule has 1 nitrogen and oxygen atoms in total. The molecule has 64 valence electrons. The number of carbonyl (C=O) groups is 1. The molecule has 0 aliphatic heterocycles. The monoisotopic (exact) mass is 174 g/mol. The van der Waals surface area contributed by atoms with Gasteiger partial charge in [0, 0.05) is 11.3 Å². The van der Waals surface area contributed by atoms with Crippen LogP contribution in [0.2, 0.25) is 0 Å². The highest BCUT2D eigenvalue weighted by Crippen LogP contribution is 2.37. The van der Waals surface area contributed by atoms with Gasteiger partial charge < -0.3 is 0 Å². The first-order chi connectivity index (χ1) is 5.21. The van der Waals surface area contributed by atoms with Crippen LogP contribution in [0.1, 0.15) is 39.0 Å². The molecule has 0 spiro atoms. The molecular formula is C9H15ClO. The van der Waals surface area contributed by atoms with Gasteiger partial charge in [-0.3, -0.25) is 4.79 Å². The Bertz CT molecular complexity index is 148. The molecule has 1 aliphatic carbocycles. The van der Waals surface area contributed by atoms with Gasteiger partial charge in [0.1, 0.15) is 5.78 Å². The van der Waals surface area contributed by atoms with Gasteiger partial charge in [-0.1, -0.05) is 19.3 Å². The smallest absolute Gasteiger partial charge is 0.137 e. The van der Waals surface area contributed by atoms with Crippen LogP contribution in [0, 0.1) is 5.41 Å². The second-order valence-corrected chi connectivity index (χ2v) is 3.80. The maximum Gasteiger partial charge on any atom is 0.137 e. The first-order valence-corrected chi connectivity index (χ1v) is 4.82. The third-order valence-electron chi connectivity index (χ3n) is 2.81. The molecule has 0 bridgehead atoms. The Morgan fingerprint density at radius 1 is 1.36 bits per heavy atom. The minimum absolute atomic E-state index is 0.153. The minimum atomic E-state index is -0.153. The van der Waals surface area contributed by atoms with E-state index in [4.69, 9.17) is 11.6 Å². The summed E-state index contributed by atoms with van der Waals surface area (Å²) in [4.78, 5) is 11.3. The zero-order valence-electron chi connectivity index (χ0n) is 7.03. The number of ketones is 1. The van der Waals surface area contributed by atoms with Crippen LogP contribution in [-0.4, -0.2) is 11.7 Å². The summed E-state index contributed by atoms with van der Waals surface area (Å²) in [5.74, 6) is 0.801. The zero-order chi connectivity index (χ0) is 8.32. The van der Waals surface area contributed by atoms with Crippen molar-refractivity contribution >= 4 is 17.4 Å². The number of halogens is 1. The molecule has 0 saturated heterocycles. The van der Waals surface area contributed by atoms with Crippen molar-refractivity contribution in [3.63, 3.8) is 0 Å². The van der Waals surface area contributed by atoms with E-state index in [-0.39, 0.29) is 11.2 Å². The minimum Gasteiger partial charge on any atom is -0.299 e. The van der Waals surface area contributed by atoms with Crippen molar-refractivity contribution in [1.29, 1.82) is 0 Å². The molecule has 1 aliphatic rings. The van der Waals surface area contributed by atoms with Gasteiger partial charge >= 0.3 is 0 Å². The van der Waals surface area contributed by atoms with Crippen LogP contribution in [0.15, 0.2) is 0 Å². The Hall–Kier alpha value is -0.0400. The highest BCUT2D eigenvalue weighted by Gasteiger charge is 2.35. The number of rotatable bonds is 2. The Kier molecular flexibility index (Phi) is 2.94. The average molecular weight is 175 g/mol. The molecule has 2 heteroatoms. The molecule has 1 saturated carbocycles. The number of carbonyl (C=O) groups excluding carboxylic acids is 1. The van der Waals surface area contributed by atoms with Crippen molar-refractivity contribution in [2.75, 3.05) is 5.88 Å². The van der Waals surface area contributed by atoms with Crippen LogP contribution in [0.3, 0.4) is 0 Å². The van der Waals surface area contributed by atoms with E-state index < -0.39 is 0 Å². The number of Topliss-reactive ketones (excluding diaryl/α,β-unsaturated/α-hetero) is 1. The lowest BCUT2D eigenvalue weighted by atomic mass is 9.73. The van der Waals surface area contributed by atoms with Gasteiger partial charge in [0.15, 0.2) is 0 Å². The summed E-state index contributed by atoms with van der Waals surface area (Å²) in [6.45, 7) is 1.67. The standard InChI is InChI=1S/C9H15ClO/c1-8(11)9(7-10)5-3-2-4-6-9/h2-7H2,1H3. The highest BCUT2D eigenvalue weighted by atomic mass is 35.5. The number of hydrogen-bond acceptors (Lipinski definition) is 1. The summed E-state index contributed by atoms with van der Waals surface area (Å²) < 4.78 is 0. The Morgan fingerprint density at radius 3 is 2.18 bits per heavy atom. The van der Waals surface area contributed by atoms with Gasteiger partial charge in [-0.25, -0.2) is 0 Å². The van der Waals surface area contributed by atoms with E-state index in [1.54, 1.807) is 6.92 Å². The van der Waals surface area contributed by atoms with Crippen LogP contribution in [-0.2, 0) is 4.79 Å². The molecule has 0 unspecified atom stereocenters. The summed E-state index contributed by atoms with van der Waals surface area (Å²) in [6.07, 6.45) is 5.63. The molecule has 0 amide bonds. The van der Waals surface area contributed by atoms with Crippen molar-refractivity contribution in [3.05, 3.63) is 0 Å². The number of alkyl halides is 1. The summed E-state index contributed by atoms with van der Waals surface area (Å²) in [5.41, 5.74) is -0.153. The van der Waals surface area contributed by atoms with Crippen molar-refractivity contribution in [1.82, 2.24) is 0 Å². The van der Waals surface area contributed by atoms with Gasteiger partial charge in [0.25, 0.3) is 0 Å². The lowest BCUT2D eigenvalue weighted by Gasteiger charge is -2.32. The van der Waals surface area contributed by atoms with Gasteiger partial charge in [-0.05, 0) is 19.8 Å². The second-order valence-electron chi connectivity index (χ2n) is 3.53. The van der Waals surface area contributed by atoms with Gasteiger partial charge in [-0.2, -0.15) is 0 Å². The summed E-state index contributed by atoms with van der Waals surface area (Å²) in [6, 6.07) is 0. The van der Waals surface area contributed by atoms with Crippen LogP contribution in [0.25, 0.3) is 0 Å². The molecule has 0 heterocycles. The van der Waals surface area contributed by atoms with Crippen molar-refractivity contribution in [3.8, 4) is 0 Å². The normalized spacial score (nSPS) is 23.1. The Balaban J connectivity index is 2.64. The van der Waals surface area contributed by atoms with Crippen molar-refractivity contribution < 1.29 is 4.79 Å². The Morgan fingerprint density at radius 2 is 1.91 bits per heavy atom. The lowest BCUT2D eigenvalue weighted by molar-refractivity contribution is -0.127. The molecule has 0 aromatic carbocycles. The van der Waals surface area contributed by atoms with Crippen LogP contribution in [0.4, 0.5) is 0 Å². The average Bonchev–Trinajstić information content (AvgIpc) is 2.05. The second kappa shape index (κ2) is 3.57. The largest absolute Gasteiger partial charge is 0.299 e. The quantitative estimate of drug-likeness (QED) is 0.589. The summed E-state index contributed by atoms with van der Waals surface area (Å²) in [5, 5.41) is 0. The van der Waals surface area contributed by atoms with Crippen LogP contribution >= 0.6 is 11.6 Å². The predicted octanol–water partition coefficient (Wildman–Crippen LogP) is 2.76. The summed E-state index contributed by atoms with van der Waals surface area (Å²) in [7, 11) is 0. The van der Waals surface area contributed by atoms with E-state index >= 15 is 0 Å². The first kappa shape index (κ1) is 9.05. The third kappa shape index (κ3) is 1.76. The number of hydrogen-bond donors (Lipinski definition) is 0. The maximum atomic E-state index is 11.3. The molecule has 1 rings (SSSR count). The summed E-state index contributed by atoms with van der Waals surface area (Å²) >= 11 is 5.81. The molecule has 0 radical (unpaired) electrons. The molecule has 0 N–H and O–H groups in total. The molecule has 0 aromatic rings. The van der Waals surface area contributed by atoms with E-state index in [2.05, 4.69) is 0 Å². The third-order valence-corrected chi connectivity index (χ3v) is 3.32. The molecule has 0 atom stereocenters. The van der Waals surface area contributed by atoms with E-state index in [9.17, 15) is 4.79 Å². The topological polar surface area (TPSA) is 17.1 Å². The van der Waals surface area contributed by atoms with Crippen LogP contribution in [0.5, 0.6) is 0 Å². The van der Waals surface area contributed by atoms with E-state index in [1.807, 2.05) is 0 Å². The van der Waals surface area contributed by atoms with Crippen molar-refractivity contribution in [2.45, 2.75) is 39.0 Å².